The van der Waals surface area contributed by atoms with Crippen molar-refractivity contribution in [3.8, 4) is 0 Å². The molecule has 0 heterocycles. The number of Topliss-reactive ketones (excluding diaryl/α,β-unsaturated/α-hetero) is 2. The second-order valence-electron chi connectivity index (χ2n) is 6.54. The Hall–Kier alpha value is -2.52. The lowest BCUT2D eigenvalue weighted by Gasteiger charge is -2.22. The van der Waals surface area contributed by atoms with Crippen LogP contribution in [0.3, 0.4) is 0 Å². The number of hydrogen-bond donors (Lipinski definition) is 2. The number of benzene rings is 2. The lowest BCUT2D eigenvalue weighted by atomic mass is 10.1. The van der Waals surface area contributed by atoms with Crippen LogP contribution in [0, 0.1) is 0 Å². The van der Waals surface area contributed by atoms with E-state index in [2.05, 4.69) is 10.9 Å². The zero-order chi connectivity index (χ0) is 21.2. The fourth-order valence-corrected chi connectivity index (χ4v) is 3.28. The number of nitrogens with one attached hydrogen (secondary N) is 2. The van der Waals surface area contributed by atoms with Crippen molar-refractivity contribution in [3.05, 3.63) is 71.8 Å². The molecule has 152 valence electrons. The van der Waals surface area contributed by atoms with Crippen LogP contribution < -0.4 is 10.9 Å². The smallest absolute Gasteiger partial charge is 0.178 e. The first-order chi connectivity index (χ1) is 13.8. The van der Waals surface area contributed by atoms with Crippen LogP contribution in [0.25, 0.3) is 0 Å². The van der Waals surface area contributed by atoms with Crippen molar-refractivity contribution in [3.63, 3.8) is 0 Å². The van der Waals surface area contributed by atoms with Gasteiger partial charge in [-0.3, -0.25) is 9.59 Å². The molecule has 8 heteroatoms. The molecule has 0 radical (unpaired) electrons. The molecular weight excluding hydrogens is 404 g/mol. The Morgan fingerprint density at radius 1 is 0.724 bits per heavy atom. The van der Waals surface area contributed by atoms with Crippen LogP contribution in [0.5, 0.6) is 0 Å². The number of ketones is 2. The van der Waals surface area contributed by atoms with Gasteiger partial charge in [-0.15, -0.1) is 0 Å². The fourth-order valence-electron chi connectivity index (χ4n) is 2.59. The highest BCUT2D eigenvalue weighted by atomic mass is 32.1. The minimum atomic E-state index is -0.0109. The highest BCUT2D eigenvalue weighted by Crippen LogP contribution is 2.02. The van der Waals surface area contributed by atoms with Crippen LogP contribution in [-0.4, -0.2) is 58.7 Å². The van der Waals surface area contributed by atoms with Crippen LogP contribution in [0.15, 0.2) is 60.7 Å². The maximum atomic E-state index is 12.2. The number of nitrogens with zero attached hydrogens (tertiary/aromatic N) is 2. The van der Waals surface area contributed by atoms with E-state index in [1.54, 1.807) is 48.4 Å². The molecule has 0 aliphatic rings. The van der Waals surface area contributed by atoms with Crippen LogP contribution in [0.1, 0.15) is 27.1 Å². The second kappa shape index (κ2) is 11.5. The van der Waals surface area contributed by atoms with Gasteiger partial charge in [0.2, 0.25) is 0 Å². The third-order valence-electron chi connectivity index (χ3n) is 3.91. The Morgan fingerprint density at radius 2 is 1.07 bits per heavy atom. The first kappa shape index (κ1) is 22.8. The molecule has 0 aromatic heterocycles. The Labute approximate surface area is 181 Å². The maximum Gasteiger partial charge on any atom is 0.178 e. The molecule has 0 aliphatic heterocycles. The van der Waals surface area contributed by atoms with Crippen LogP contribution >= 0.6 is 24.4 Å². The van der Waals surface area contributed by atoms with Gasteiger partial charge in [-0.05, 0) is 0 Å². The number of carbonyl (C=O) groups excluding carboxylic acids is 2. The topological polar surface area (TPSA) is 64.7 Å². The summed E-state index contributed by atoms with van der Waals surface area (Å²) in [6.07, 6.45) is 0.304. The average Bonchev–Trinajstić information content (AvgIpc) is 2.68. The van der Waals surface area contributed by atoms with Gasteiger partial charge in [-0.1, -0.05) is 85.1 Å². The maximum absolute atomic E-state index is 12.2. The molecule has 0 amide bonds. The number of hydrazine groups is 2. The van der Waals surface area contributed by atoms with Crippen molar-refractivity contribution in [2.45, 2.75) is 6.42 Å². The van der Waals surface area contributed by atoms with E-state index >= 15 is 0 Å². The number of likely N-dealkylation sites (N-methyl/N-ethyl adjacent to an activating group) is 2. The minimum absolute atomic E-state index is 0.0109. The molecule has 0 spiro atoms. The van der Waals surface area contributed by atoms with E-state index in [9.17, 15) is 9.59 Å². The van der Waals surface area contributed by atoms with Gasteiger partial charge in [0.15, 0.2) is 11.6 Å². The van der Waals surface area contributed by atoms with Gasteiger partial charge in [-0.2, -0.15) is 0 Å². The SMILES string of the molecule is CN(CC(=O)c1ccccc1)NC(=S)CC(=S)NN(C)CC(=O)c1ccccc1. The van der Waals surface area contributed by atoms with E-state index in [-0.39, 0.29) is 24.7 Å². The van der Waals surface area contributed by atoms with Crippen molar-refractivity contribution >= 4 is 46.0 Å². The molecular formula is C21H24N4O2S2. The Bertz CT molecular complexity index is 788. The van der Waals surface area contributed by atoms with E-state index in [4.69, 9.17) is 24.4 Å². The third-order valence-corrected chi connectivity index (χ3v) is 4.38. The van der Waals surface area contributed by atoms with Gasteiger partial charge in [-0.25, -0.2) is 10.0 Å². The predicted molar refractivity (Wildman–Crippen MR) is 123 cm³/mol. The Kier molecular flexibility index (Phi) is 9.01. The zero-order valence-electron chi connectivity index (χ0n) is 16.4. The largest absolute Gasteiger partial charge is 0.312 e. The molecule has 0 aliphatic carbocycles. The van der Waals surface area contributed by atoms with E-state index in [1.165, 1.54) is 0 Å². The Morgan fingerprint density at radius 3 is 1.41 bits per heavy atom. The lowest BCUT2D eigenvalue weighted by Crippen LogP contribution is -2.45. The van der Waals surface area contributed by atoms with Crippen LogP contribution in [0.4, 0.5) is 0 Å². The van der Waals surface area contributed by atoms with Gasteiger partial charge >= 0.3 is 0 Å². The molecule has 0 atom stereocenters. The summed E-state index contributed by atoms with van der Waals surface area (Å²) >= 11 is 10.6. The summed E-state index contributed by atoms with van der Waals surface area (Å²) in [6, 6.07) is 18.2. The van der Waals surface area contributed by atoms with Crippen LogP contribution in [-0.2, 0) is 0 Å². The molecule has 29 heavy (non-hydrogen) atoms. The van der Waals surface area contributed by atoms with Gasteiger partial charge in [0.25, 0.3) is 0 Å². The highest BCUT2D eigenvalue weighted by Gasteiger charge is 2.13. The molecule has 2 aromatic carbocycles. The molecule has 2 N–H and O–H groups in total. The van der Waals surface area contributed by atoms with E-state index in [1.807, 2.05) is 36.4 Å². The monoisotopic (exact) mass is 428 g/mol. The zero-order valence-corrected chi connectivity index (χ0v) is 18.1. The number of thiocarbonyl (C=S) groups is 2. The van der Waals surface area contributed by atoms with Crippen molar-refractivity contribution in [1.29, 1.82) is 0 Å². The van der Waals surface area contributed by atoms with Gasteiger partial charge < -0.3 is 10.9 Å². The summed E-state index contributed by atoms with van der Waals surface area (Å²) in [7, 11) is 3.49. The highest BCUT2D eigenvalue weighted by molar-refractivity contribution is 7.82. The van der Waals surface area contributed by atoms with E-state index in [0.29, 0.717) is 27.5 Å². The summed E-state index contributed by atoms with van der Waals surface area (Å²) in [5.41, 5.74) is 7.26. The van der Waals surface area contributed by atoms with Crippen molar-refractivity contribution in [1.82, 2.24) is 20.9 Å². The number of carbonyl (C=O) groups is 2. The van der Waals surface area contributed by atoms with Crippen molar-refractivity contribution < 1.29 is 9.59 Å². The summed E-state index contributed by atoms with van der Waals surface area (Å²) in [4.78, 5) is 25.4. The fraction of sp³-hybridized carbons (Fsp3) is 0.238. The van der Waals surface area contributed by atoms with E-state index in [0.717, 1.165) is 0 Å². The van der Waals surface area contributed by atoms with Gasteiger partial charge in [0.1, 0.15) is 0 Å². The van der Waals surface area contributed by atoms with Crippen LogP contribution in [0.2, 0.25) is 0 Å². The quantitative estimate of drug-likeness (QED) is 0.340. The molecule has 0 bridgehead atoms. The third kappa shape index (κ3) is 8.16. The summed E-state index contributed by atoms with van der Waals surface area (Å²) in [5.74, 6) is -0.0217. The first-order valence-electron chi connectivity index (χ1n) is 9.03. The van der Waals surface area contributed by atoms with Gasteiger partial charge in [0.05, 0.1) is 29.5 Å². The first-order valence-corrected chi connectivity index (χ1v) is 9.84. The summed E-state index contributed by atoms with van der Waals surface area (Å²) in [5, 5.41) is 3.26. The molecule has 2 rings (SSSR count). The summed E-state index contributed by atoms with van der Waals surface area (Å²) in [6.45, 7) is 0.353. The normalized spacial score (nSPS) is 10.6. The molecule has 0 saturated carbocycles. The Balaban J connectivity index is 1.73. The van der Waals surface area contributed by atoms with Gasteiger partial charge in [0, 0.05) is 25.2 Å². The number of rotatable bonds is 10. The van der Waals surface area contributed by atoms with Crippen molar-refractivity contribution in [2.75, 3.05) is 27.2 Å². The molecule has 6 nitrogen and oxygen atoms in total. The molecule has 0 saturated heterocycles. The molecule has 0 fully saturated rings. The standard InChI is InChI=1S/C21H24N4O2S2/c1-24(14-18(26)16-9-5-3-6-10-16)22-20(28)13-21(29)23-25(2)15-19(27)17-11-7-4-8-12-17/h3-12H,13-15H2,1-2H3,(H,22,28)(H,23,29). The average molecular weight is 429 g/mol. The minimum Gasteiger partial charge on any atom is -0.312 e. The van der Waals surface area contributed by atoms with Crippen molar-refractivity contribution in [2.24, 2.45) is 0 Å². The number of hydrogen-bond acceptors (Lipinski definition) is 6. The lowest BCUT2D eigenvalue weighted by molar-refractivity contribution is 0.0926. The predicted octanol–water partition coefficient (Wildman–Crippen LogP) is 2.67. The van der Waals surface area contributed by atoms with E-state index < -0.39 is 0 Å². The molecule has 2 aromatic rings. The summed E-state index contributed by atoms with van der Waals surface area (Å²) < 4.78 is 0. The second-order valence-corrected chi connectivity index (χ2v) is 7.52. The molecule has 0 unspecified atom stereocenters.